The van der Waals surface area contributed by atoms with Crippen molar-refractivity contribution in [2.24, 2.45) is 5.92 Å². The maximum atomic E-state index is 10.2. The third-order valence-electron chi connectivity index (χ3n) is 3.08. The van der Waals surface area contributed by atoms with Crippen molar-refractivity contribution in [3.05, 3.63) is 29.6 Å². The molecule has 3 heteroatoms. The van der Waals surface area contributed by atoms with E-state index in [1.165, 1.54) is 0 Å². The first-order chi connectivity index (χ1) is 7.18. The minimum absolute atomic E-state index is 0.139. The summed E-state index contributed by atoms with van der Waals surface area (Å²) >= 11 is 0. The molecule has 1 N–H and O–H groups in total. The largest absolute Gasteiger partial charge is 0.388 e. The summed E-state index contributed by atoms with van der Waals surface area (Å²) in [6.07, 6.45) is 4.15. The molecule has 1 fully saturated rings. The second-order valence-electron chi connectivity index (χ2n) is 4.27. The Morgan fingerprint density at radius 1 is 1.53 bits per heavy atom. The van der Waals surface area contributed by atoms with Crippen LogP contribution in [0.25, 0.3) is 0 Å². The van der Waals surface area contributed by atoms with Crippen LogP contribution in [-0.2, 0) is 4.74 Å². The molecule has 1 aliphatic rings. The van der Waals surface area contributed by atoms with Crippen LogP contribution in [0, 0.1) is 12.8 Å². The lowest BCUT2D eigenvalue weighted by molar-refractivity contribution is 0.0429. The quantitative estimate of drug-likeness (QED) is 0.804. The van der Waals surface area contributed by atoms with E-state index >= 15 is 0 Å². The van der Waals surface area contributed by atoms with Crippen molar-refractivity contribution in [1.29, 1.82) is 0 Å². The standard InChI is InChI=1S/C12H17NO2/c1-8-5-10(7-13-6-8)12(14)11-3-4-15-9(11)2/h5-7,9,11-12,14H,3-4H2,1-2H3. The fourth-order valence-corrected chi connectivity index (χ4v) is 2.15. The number of ether oxygens (including phenoxy) is 1. The van der Waals surface area contributed by atoms with Crippen molar-refractivity contribution in [3.8, 4) is 0 Å². The zero-order valence-electron chi connectivity index (χ0n) is 9.18. The van der Waals surface area contributed by atoms with Crippen molar-refractivity contribution in [2.45, 2.75) is 32.5 Å². The summed E-state index contributed by atoms with van der Waals surface area (Å²) in [5.41, 5.74) is 1.98. The molecule has 3 atom stereocenters. The predicted octanol–water partition coefficient (Wildman–Crippen LogP) is 1.85. The van der Waals surface area contributed by atoms with Gasteiger partial charge in [0.1, 0.15) is 0 Å². The van der Waals surface area contributed by atoms with Gasteiger partial charge in [0, 0.05) is 24.9 Å². The SMILES string of the molecule is Cc1cncc(C(O)C2CCOC2C)c1. The molecular formula is C12H17NO2. The van der Waals surface area contributed by atoms with E-state index < -0.39 is 6.10 Å². The molecule has 1 aliphatic heterocycles. The molecule has 15 heavy (non-hydrogen) atoms. The molecule has 0 saturated carbocycles. The smallest absolute Gasteiger partial charge is 0.0858 e. The number of aliphatic hydroxyl groups excluding tert-OH is 1. The maximum absolute atomic E-state index is 10.2. The number of pyridine rings is 1. The third-order valence-corrected chi connectivity index (χ3v) is 3.08. The molecule has 1 aromatic rings. The average molecular weight is 207 g/mol. The van der Waals surface area contributed by atoms with Gasteiger partial charge in [-0.15, -0.1) is 0 Å². The fourth-order valence-electron chi connectivity index (χ4n) is 2.15. The zero-order chi connectivity index (χ0) is 10.8. The molecule has 0 aromatic carbocycles. The van der Waals surface area contributed by atoms with E-state index in [0.29, 0.717) is 0 Å². The Kier molecular flexibility index (Phi) is 3.03. The fraction of sp³-hybridized carbons (Fsp3) is 0.583. The Morgan fingerprint density at radius 2 is 2.33 bits per heavy atom. The number of aliphatic hydroxyl groups is 1. The van der Waals surface area contributed by atoms with Crippen LogP contribution < -0.4 is 0 Å². The Hall–Kier alpha value is -0.930. The second kappa shape index (κ2) is 4.29. The molecule has 1 saturated heterocycles. The van der Waals surface area contributed by atoms with Gasteiger partial charge in [0.2, 0.25) is 0 Å². The first kappa shape index (κ1) is 10.6. The molecule has 3 nitrogen and oxygen atoms in total. The number of hydrogen-bond acceptors (Lipinski definition) is 3. The summed E-state index contributed by atoms with van der Waals surface area (Å²) in [5, 5.41) is 10.2. The minimum Gasteiger partial charge on any atom is -0.388 e. The Bertz CT molecular complexity index is 340. The van der Waals surface area contributed by atoms with Crippen LogP contribution >= 0.6 is 0 Å². The van der Waals surface area contributed by atoms with Gasteiger partial charge in [0.25, 0.3) is 0 Å². The number of aromatic nitrogens is 1. The molecule has 0 bridgehead atoms. The first-order valence-corrected chi connectivity index (χ1v) is 5.39. The molecular weight excluding hydrogens is 190 g/mol. The Morgan fingerprint density at radius 3 is 2.93 bits per heavy atom. The highest BCUT2D eigenvalue weighted by Crippen LogP contribution is 2.32. The summed E-state index contributed by atoms with van der Waals surface area (Å²) in [4.78, 5) is 4.10. The van der Waals surface area contributed by atoms with Crippen LogP contribution in [0.15, 0.2) is 18.5 Å². The molecule has 82 valence electrons. The van der Waals surface area contributed by atoms with Crippen LogP contribution in [0.2, 0.25) is 0 Å². The van der Waals surface area contributed by atoms with Gasteiger partial charge in [-0.1, -0.05) is 6.07 Å². The van der Waals surface area contributed by atoms with E-state index in [1.54, 1.807) is 12.4 Å². The van der Waals surface area contributed by atoms with Gasteiger partial charge in [-0.3, -0.25) is 4.98 Å². The normalized spacial score (nSPS) is 27.9. The lowest BCUT2D eigenvalue weighted by Crippen LogP contribution is -2.19. The highest BCUT2D eigenvalue weighted by molar-refractivity contribution is 5.19. The predicted molar refractivity (Wildman–Crippen MR) is 57.5 cm³/mol. The van der Waals surface area contributed by atoms with Crippen molar-refractivity contribution >= 4 is 0 Å². The van der Waals surface area contributed by atoms with E-state index in [0.717, 1.165) is 24.2 Å². The molecule has 1 aromatic heterocycles. The van der Waals surface area contributed by atoms with Crippen molar-refractivity contribution in [3.63, 3.8) is 0 Å². The maximum Gasteiger partial charge on any atom is 0.0858 e. The highest BCUT2D eigenvalue weighted by Gasteiger charge is 2.31. The van der Waals surface area contributed by atoms with Crippen LogP contribution in [0.1, 0.15) is 30.6 Å². The molecule has 0 radical (unpaired) electrons. The van der Waals surface area contributed by atoms with Gasteiger partial charge in [-0.25, -0.2) is 0 Å². The highest BCUT2D eigenvalue weighted by atomic mass is 16.5. The third kappa shape index (κ3) is 2.19. The number of rotatable bonds is 2. The lowest BCUT2D eigenvalue weighted by Gasteiger charge is -2.21. The molecule has 0 amide bonds. The van der Waals surface area contributed by atoms with E-state index in [2.05, 4.69) is 4.98 Å². The van der Waals surface area contributed by atoms with Gasteiger partial charge in [0.05, 0.1) is 12.2 Å². The molecule has 0 aliphatic carbocycles. The van der Waals surface area contributed by atoms with E-state index in [-0.39, 0.29) is 12.0 Å². The van der Waals surface area contributed by atoms with E-state index in [4.69, 9.17) is 4.74 Å². The number of hydrogen-bond donors (Lipinski definition) is 1. The van der Waals surface area contributed by atoms with E-state index in [9.17, 15) is 5.11 Å². The summed E-state index contributed by atoms with van der Waals surface area (Å²) in [7, 11) is 0. The Labute approximate surface area is 90.1 Å². The first-order valence-electron chi connectivity index (χ1n) is 5.39. The monoisotopic (exact) mass is 207 g/mol. The summed E-state index contributed by atoms with van der Waals surface area (Å²) in [6, 6.07) is 1.99. The summed E-state index contributed by atoms with van der Waals surface area (Å²) < 4.78 is 5.46. The molecule has 0 spiro atoms. The van der Waals surface area contributed by atoms with Gasteiger partial charge < -0.3 is 9.84 Å². The van der Waals surface area contributed by atoms with Crippen LogP contribution in [0.3, 0.4) is 0 Å². The number of aryl methyl sites for hydroxylation is 1. The van der Waals surface area contributed by atoms with Gasteiger partial charge in [-0.05, 0) is 31.4 Å². The molecule has 2 rings (SSSR count). The van der Waals surface area contributed by atoms with E-state index in [1.807, 2.05) is 19.9 Å². The van der Waals surface area contributed by atoms with Crippen molar-refractivity contribution in [1.82, 2.24) is 4.98 Å². The van der Waals surface area contributed by atoms with Gasteiger partial charge in [0.15, 0.2) is 0 Å². The van der Waals surface area contributed by atoms with Crippen LogP contribution in [0.5, 0.6) is 0 Å². The lowest BCUT2D eigenvalue weighted by atomic mass is 9.91. The van der Waals surface area contributed by atoms with Gasteiger partial charge in [-0.2, -0.15) is 0 Å². The molecule has 3 unspecified atom stereocenters. The van der Waals surface area contributed by atoms with Crippen LogP contribution in [-0.4, -0.2) is 22.8 Å². The average Bonchev–Trinajstić information content (AvgIpc) is 2.63. The number of nitrogens with zero attached hydrogens (tertiary/aromatic N) is 1. The second-order valence-corrected chi connectivity index (χ2v) is 4.27. The molecule has 2 heterocycles. The summed E-state index contributed by atoms with van der Waals surface area (Å²) in [5.74, 6) is 0.202. The Balaban J connectivity index is 2.16. The van der Waals surface area contributed by atoms with Crippen LogP contribution in [0.4, 0.5) is 0 Å². The van der Waals surface area contributed by atoms with Gasteiger partial charge >= 0.3 is 0 Å². The topological polar surface area (TPSA) is 42.4 Å². The zero-order valence-corrected chi connectivity index (χ0v) is 9.18. The van der Waals surface area contributed by atoms with Crippen molar-refractivity contribution in [2.75, 3.05) is 6.61 Å². The summed E-state index contributed by atoms with van der Waals surface area (Å²) in [6.45, 7) is 4.75. The minimum atomic E-state index is -0.449. The van der Waals surface area contributed by atoms with Crippen molar-refractivity contribution < 1.29 is 9.84 Å².